The minimum atomic E-state index is -0.545. The van der Waals surface area contributed by atoms with Gasteiger partial charge >= 0.3 is 5.76 Å². The minimum absolute atomic E-state index is 0.224. The number of hydrogen-bond donors (Lipinski definition) is 2. The Balaban J connectivity index is 1.72. The van der Waals surface area contributed by atoms with Gasteiger partial charge in [0.25, 0.3) is 0 Å². The van der Waals surface area contributed by atoms with Gasteiger partial charge in [0.2, 0.25) is 5.91 Å². The van der Waals surface area contributed by atoms with Crippen molar-refractivity contribution in [3.8, 4) is 0 Å². The van der Waals surface area contributed by atoms with Crippen LogP contribution in [-0.4, -0.2) is 10.9 Å². The van der Waals surface area contributed by atoms with Crippen LogP contribution in [0.4, 0.5) is 10.1 Å². The molecule has 1 atom stereocenters. The summed E-state index contributed by atoms with van der Waals surface area (Å²) in [4.78, 5) is 25.9. The molecule has 1 unspecified atom stereocenters. The number of carbonyl (C=O) groups is 1. The first-order valence-corrected chi connectivity index (χ1v) is 7.20. The first kappa shape index (κ1) is 15.0. The number of halogens is 1. The molecule has 0 fully saturated rings. The third kappa shape index (κ3) is 3.31. The fraction of sp³-hybridized carbons (Fsp3) is 0.176. The Morgan fingerprint density at radius 3 is 2.87 bits per heavy atom. The van der Waals surface area contributed by atoms with E-state index in [1.165, 1.54) is 6.07 Å². The molecule has 3 aromatic rings. The average Bonchev–Trinajstić information content (AvgIpc) is 2.88. The van der Waals surface area contributed by atoms with Crippen LogP contribution in [0.2, 0.25) is 0 Å². The number of rotatable bonds is 4. The van der Waals surface area contributed by atoms with E-state index in [-0.39, 0.29) is 11.7 Å². The zero-order valence-electron chi connectivity index (χ0n) is 12.4. The van der Waals surface area contributed by atoms with Crippen molar-refractivity contribution in [2.45, 2.75) is 13.3 Å². The van der Waals surface area contributed by atoms with E-state index < -0.39 is 11.7 Å². The van der Waals surface area contributed by atoms with Gasteiger partial charge in [-0.25, -0.2) is 9.18 Å². The van der Waals surface area contributed by atoms with Crippen LogP contribution in [0, 0.1) is 11.7 Å². The number of hydrogen-bond acceptors (Lipinski definition) is 3. The molecule has 3 rings (SSSR count). The van der Waals surface area contributed by atoms with Crippen LogP contribution >= 0.6 is 0 Å². The Morgan fingerprint density at radius 2 is 2.09 bits per heavy atom. The lowest BCUT2D eigenvalue weighted by Gasteiger charge is -2.12. The van der Waals surface area contributed by atoms with E-state index in [1.807, 2.05) is 0 Å². The minimum Gasteiger partial charge on any atom is -0.408 e. The van der Waals surface area contributed by atoms with Gasteiger partial charge < -0.3 is 9.73 Å². The van der Waals surface area contributed by atoms with Crippen LogP contribution in [0.1, 0.15) is 12.5 Å². The van der Waals surface area contributed by atoms with E-state index in [1.54, 1.807) is 43.3 Å². The first-order valence-electron chi connectivity index (χ1n) is 7.20. The Labute approximate surface area is 131 Å². The molecular weight excluding hydrogens is 299 g/mol. The Morgan fingerprint density at radius 1 is 1.30 bits per heavy atom. The van der Waals surface area contributed by atoms with Crippen molar-refractivity contribution >= 4 is 22.7 Å². The summed E-state index contributed by atoms with van der Waals surface area (Å²) in [5, 5.41) is 2.76. The summed E-state index contributed by atoms with van der Waals surface area (Å²) in [5.74, 6) is -1.48. The maximum Gasteiger partial charge on any atom is 0.417 e. The number of aromatic nitrogens is 1. The maximum atomic E-state index is 13.6. The highest BCUT2D eigenvalue weighted by molar-refractivity contribution is 5.94. The number of H-pyrrole nitrogens is 1. The molecule has 1 aromatic heterocycles. The summed E-state index contributed by atoms with van der Waals surface area (Å²) in [6.07, 6.45) is 0.309. The molecule has 0 saturated heterocycles. The number of aromatic amines is 1. The van der Waals surface area contributed by atoms with Crippen molar-refractivity contribution in [1.82, 2.24) is 4.98 Å². The molecule has 23 heavy (non-hydrogen) atoms. The molecule has 118 valence electrons. The molecular formula is C17H15FN2O3. The quantitative estimate of drug-likeness (QED) is 0.777. The average molecular weight is 314 g/mol. The Hall–Kier alpha value is -2.89. The highest BCUT2D eigenvalue weighted by Crippen LogP contribution is 2.18. The molecule has 0 aliphatic carbocycles. The lowest BCUT2D eigenvalue weighted by Crippen LogP contribution is -2.22. The van der Waals surface area contributed by atoms with Gasteiger partial charge in [-0.1, -0.05) is 25.1 Å². The normalized spacial score (nSPS) is 12.3. The lowest BCUT2D eigenvalue weighted by molar-refractivity contribution is -0.119. The third-order valence-electron chi connectivity index (χ3n) is 3.62. The van der Waals surface area contributed by atoms with Crippen molar-refractivity contribution in [1.29, 1.82) is 0 Å². The lowest BCUT2D eigenvalue weighted by atomic mass is 10.00. The van der Waals surface area contributed by atoms with Crippen molar-refractivity contribution in [3.63, 3.8) is 0 Å². The monoisotopic (exact) mass is 314 g/mol. The molecule has 0 bridgehead atoms. The number of amides is 1. The summed E-state index contributed by atoms with van der Waals surface area (Å²) in [6, 6.07) is 11.3. The van der Waals surface area contributed by atoms with Gasteiger partial charge in [-0.3, -0.25) is 9.78 Å². The van der Waals surface area contributed by atoms with E-state index in [4.69, 9.17) is 4.42 Å². The van der Waals surface area contributed by atoms with Gasteiger partial charge in [-0.15, -0.1) is 0 Å². The molecule has 6 heteroatoms. The number of nitrogens with one attached hydrogen (secondary N) is 2. The van der Waals surface area contributed by atoms with Gasteiger partial charge in [0.05, 0.1) is 5.52 Å². The first-order chi connectivity index (χ1) is 11.0. The van der Waals surface area contributed by atoms with Crippen LogP contribution in [0.5, 0.6) is 0 Å². The van der Waals surface area contributed by atoms with E-state index in [0.717, 1.165) is 0 Å². The second-order valence-electron chi connectivity index (χ2n) is 5.41. The van der Waals surface area contributed by atoms with Crippen LogP contribution in [0.15, 0.2) is 51.7 Å². The maximum absolute atomic E-state index is 13.6. The van der Waals surface area contributed by atoms with Gasteiger partial charge in [-0.2, -0.15) is 0 Å². The number of benzene rings is 2. The van der Waals surface area contributed by atoms with Crippen molar-refractivity contribution in [3.05, 3.63) is 64.4 Å². The molecule has 2 N–H and O–H groups in total. The fourth-order valence-electron chi connectivity index (χ4n) is 2.38. The molecule has 5 nitrogen and oxygen atoms in total. The zero-order valence-corrected chi connectivity index (χ0v) is 12.4. The molecule has 0 aliphatic rings. The van der Waals surface area contributed by atoms with E-state index in [9.17, 15) is 14.0 Å². The summed E-state index contributed by atoms with van der Waals surface area (Å²) < 4.78 is 18.5. The fourth-order valence-corrected chi connectivity index (χ4v) is 2.38. The molecule has 0 spiro atoms. The highest BCUT2D eigenvalue weighted by atomic mass is 19.1. The van der Waals surface area contributed by atoms with Crippen LogP contribution in [-0.2, 0) is 11.2 Å². The number of oxazole rings is 1. The summed E-state index contributed by atoms with van der Waals surface area (Å²) in [7, 11) is 0. The van der Waals surface area contributed by atoms with Crippen molar-refractivity contribution < 1.29 is 13.6 Å². The SMILES string of the molecule is CC(Cc1ccccc1F)C(=O)Nc1ccc2oc(=O)[nH]c2c1. The summed E-state index contributed by atoms with van der Waals surface area (Å²) in [5.41, 5.74) is 1.98. The van der Waals surface area contributed by atoms with Crippen molar-refractivity contribution in [2.24, 2.45) is 5.92 Å². The number of carbonyl (C=O) groups excluding carboxylic acids is 1. The van der Waals surface area contributed by atoms with Crippen molar-refractivity contribution in [2.75, 3.05) is 5.32 Å². The second kappa shape index (κ2) is 6.08. The number of anilines is 1. The molecule has 0 saturated carbocycles. The second-order valence-corrected chi connectivity index (χ2v) is 5.41. The predicted molar refractivity (Wildman–Crippen MR) is 84.7 cm³/mol. The highest BCUT2D eigenvalue weighted by Gasteiger charge is 2.16. The molecule has 2 aromatic carbocycles. The molecule has 1 amide bonds. The van der Waals surface area contributed by atoms with E-state index in [2.05, 4.69) is 10.3 Å². The molecule has 0 aliphatic heterocycles. The van der Waals surface area contributed by atoms with Crippen LogP contribution in [0.25, 0.3) is 11.1 Å². The van der Waals surface area contributed by atoms with Crippen LogP contribution < -0.4 is 11.1 Å². The predicted octanol–water partition coefficient (Wildman–Crippen LogP) is 3.08. The summed E-state index contributed by atoms with van der Waals surface area (Å²) in [6.45, 7) is 1.74. The van der Waals surface area contributed by atoms with Gasteiger partial charge in [0, 0.05) is 11.6 Å². The van der Waals surface area contributed by atoms with E-state index in [0.29, 0.717) is 28.8 Å². The molecule has 1 heterocycles. The largest absolute Gasteiger partial charge is 0.417 e. The Kier molecular flexibility index (Phi) is 3.97. The number of fused-ring (bicyclic) bond motifs is 1. The van der Waals surface area contributed by atoms with Gasteiger partial charge in [0.15, 0.2) is 5.58 Å². The van der Waals surface area contributed by atoms with E-state index >= 15 is 0 Å². The smallest absolute Gasteiger partial charge is 0.408 e. The topological polar surface area (TPSA) is 75.1 Å². The molecule has 0 radical (unpaired) electrons. The van der Waals surface area contributed by atoms with Gasteiger partial charge in [0.1, 0.15) is 5.82 Å². The third-order valence-corrected chi connectivity index (χ3v) is 3.62. The van der Waals surface area contributed by atoms with Gasteiger partial charge in [-0.05, 0) is 36.2 Å². The summed E-state index contributed by atoms with van der Waals surface area (Å²) >= 11 is 0. The van der Waals surface area contributed by atoms with Crippen LogP contribution in [0.3, 0.4) is 0 Å². The zero-order chi connectivity index (χ0) is 16.4. The standard InChI is InChI=1S/C17H15FN2O3/c1-10(8-11-4-2-3-5-13(11)18)16(21)19-12-6-7-15-14(9-12)20-17(22)23-15/h2-7,9-10H,8H2,1H3,(H,19,21)(H,20,22). The Bertz CT molecular complexity index is 913.